The number of fused-ring (bicyclic) bond motifs is 1. The zero-order chi connectivity index (χ0) is 20.5. The second-order valence-corrected chi connectivity index (χ2v) is 9.47. The number of carbonyl (C=O) groups is 1. The molecule has 2 aliphatic rings. The average molecular weight is 463 g/mol. The van der Waals surface area contributed by atoms with Crippen molar-refractivity contribution in [1.82, 2.24) is 19.9 Å². The van der Waals surface area contributed by atoms with Crippen LogP contribution in [0, 0.1) is 0 Å². The summed E-state index contributed by atoms with van der Waals surface area (Å²) in [5.41, 5.74) is 4.09. The van der Waals surface area contributed by atoms with Crippen molar-refractivity contribution in [1.29, 1.82) is 0 Å². The number of anilines is 1. The fraction of sp³-hybridized carbons (Fsp3) is 0.435. The van der Waals surface area contributed by atoms with Crippen LogP contribution in [0.4, 0.5) is 5.82 Å². The van der Waals surface area contributed by atoms with E-state index >= 15 is 0 Å². The summed E-state index contributed by atoms with van der Waals surface area (Å²) in [6, 6.07) is 6.39. The van der Waals surface area contributed by atoms with E-state index in [0.29, 0.717) is 24.5 Å². The number of ketones is 1. The molecule has 1 aliphatic carbocycles. The zero-order valence-corrected chi connectivity index (χ0v) is 19.5. The first-order chi connectivity index (χ1) is 14.7. The number of hydrogen-bond donors (Lipinski definition) is 0. The summed E-state index contributed by atoms with van der Waals surface area (Å²) in [6.45, 7) is 1.51. The van der Waals surface area contributed by atoms with Gasteiger partial charge in [-0.15, -0.1) is 0 Å². The molecule has 30 heavy (non-hydrogen) atoms. The minimum absolute atomic E-state index is 0.345. The standard InChI is InChI=1S/C23H26AsN5O/c24-22-21-18(15-4-2-1-3-5-15)12-19(28-23(21)27-14-26-22)16-6-7-20(25-13-16)29-10-8-17(30)9-11-29/h6-7,12-15H,1-5,8-11,24H2. The molecule has 7 heteroatoms. The summed E-state index contributed by atoms with van der Waals surface area (Å²) in [5.74, 6) is 1.83. The van der Waals surface area contributed by atoms with Crippen LogP contribution in [0.5, 0.6) is 0 Å². The predicted octanol–water partition coefficient (Wildman–Crippen LogP) is 2.56. The van der Waals surface area contributed by atoms with Gasteiger partial charge < -0.3 is 0 Å². The van der Waals surface area contributed by atoms with Gasteiger partial charge in [-0.1, -0.05) is 0 Å². The molecular formula is C23H26AsN5O. The van der Waals surface area contributed by atoms with Crippen molar-refractivity contribution in [3.63, 3.8) is 0 Å². The Kier molecular flexibility index (Phi) is 5.51. The number of piperidine rings is 1. The second-order valence-electron chi connectivity index (χ2n) is 8.32. The van der Waals surface area contributed by atoms with Gasteiger partial charge in [-0.25, -0.2) is 0 Å². The van der Waals surface area contributed by atoms with Crippen molar-refractivity contribution in [3.8, 4) is 11.3 Å². The summed E-state index contributed by atoms with van der Waals surface area (Å²) >= 11 is 1.53. The Balaban J connectivity index is 1.52. The topological polar surface area (TPSA) is 71.9 Å². The first-order valence-corrected chi connectivity index (χ1v) is 12.0. The predicted molar refractivity (Wildman–Crippen MR) is 121 cm³/mol. The maximum atomic E-state index is 11.5. The van der Waals surface area contributed by atoms with Gasteiger partial charge in [0.25, 0.3) is 0 Å². The molecule has 1 unspecified atom stereocenters. The molecule has 1 aliphatic heterocycles. The molecule has 1 saturated heterocycles. The third-order valence-corrected chi connectivity index (χ3v) is 7.32. The molecule has 1 saturated carbocycles. The van der Waals surface area contributed by atoms with Crippen LogP contribution in [0.3, 0.4) is 0 Å². The maximum absolute atomic E-state index is 11.5. The van der Waals surface area contributed by atoms with Gasteiger partial charge in [0, 0.05) is 0 Å². The molecule has 154 valence electrons. The molecule has 0 amide bonds. The monoisotopic (exact) mass is 463 g/mol. The summed E-state index contributed by atoms with van der Waals surface area (Å²) in [5, 5.41) is 1.15. The zero-order valence-electron chi connectivity index (χ0n) is 17.0. The number of aromatic nitrogens is 4. The first-order valence-electron chi connectivity index (χ1n) is 10.8. The Hall–Kier alpha value is -2.33. The van der Waals surface area contributed by atoms with Crippen LogP contribution in [0.2, 0.25) is 0 Å². The van der Waals surface area contributed by atoms with E-state index in [2.05, 4.69) is 32.0 Å². The van der Waals surface area contributed by atoms with Crippen LogP contribution in [0.1, 0.15) is 56.4 Å². The molecule has 0 spiro atoms. The van der Waals surface area contributed by atoms with Crippen molar-refractivity contribution in [3.05, 3.63) is 36.3 Å². The Bertz CT molecular complexity index is 1070. The number of nitrogens with zero attached hydrogens (tertiary/aromatic N) is 5. The Morgan fingerprint density at radius 3 is 2.53 bits per heavy atom. The Morgan fingerprint density at radius 2 is 1.80 bits per heavy atom. The molecule has 6 nitrogen and oxygen atoms in total. The molecule has 4 heterocycles. The fourth-order valence-corrected chi connectivity index (χ4v) is 5.47. The van der Waals surface area contributed by atoms with Gasteiger partial charge in [0.05, 0.1) is 0 Å². The number of rotatable bonds is 3. The number of pyridine rings is 2. The molecule has 0 radical (unpaired) electrons. The first kappa shape index (κ1) is 19.6. The van der Waals surface area contributed by atoms with Gasteiger partial charge in [0.1, 0.15) is 5.78 Å². The van der Waals surface area contributed by atoms with Gasteiger partial charge in [-0.3, -0.25) is 4.79 Å². The summed E-state index contributed by atoms with van der Waals surface area (Å²) in [4.78, 5) is 32.2. The van der Waals surface area contributed by atoms with Gasteiger partial charge in [0.2, 0.25) is 0 Å². The van der Waals surface area contributed by atoms with Gasteiger partial charge in [-0.2, -0.15) is 0 Å². The Morgan fingerprint density at radius 1 is 1.00 bits per heavy atom. The van der Waals surface area contributed by atoms with Crippen LogP contribution in [0.15, 0.2) is 30.7 Å². The summed E-state index contributed by atoms with van der Waals surface area (Å²) in [7, 11) is 0. The van der Waals surface area contributed by atoms with E-state index in [1.807, 2.05) is 12.3 Å². The van der Waals surface area contributed by atoms with Crippen molar-refractivity contribution in [2.24, 2.45) is 0 Å². The van der Waals surface area contributed by atoms with E-state index in [1.54, 1.807) is 6.33 Å². The number of hydrogen-bond acceptors (Lipinski definition) is 6. The number of carbonyl (C=O) groups excluding carboxylic acids is 1. The third kappa shape index (κ3) is 3.85. The van der Waals surface area contributed by atoms with Crippen molar-refractivity contribution in [2.75, 3.05) is 18.0 Å². The molecular weight excluding hydrogens is 437 g/mol. The molecule has 1 atom stereocenters. The molecule has 0 aromatic carbocycles. The summed E-state index contributed by atoms with van der Waals surface area (Å²) < 4.78 is 1.07. The van der Waals surface area contributed by atoms with E-state index in [4.69, 9.17) is 4.98 Å². The average Bonchev–Trinajstić information content (AvgIpc) is 2.80. The fourth-order valence-electron chi connectivity index (χ4n) is 4.71. The van der Waals surface area contributed by atoms with E-state index in [0.717, 1.165) is 45.7 Å². The summed E-state index contributed by atoms with van der Waals surface area (Å²) in [6.07, 6.45) is 11.1. The second kappa shape index (κ2) is 8.42. The van der Waals surface area contributed by atoms with Gasteiger partial charge in [0.15, 0.2) is 0 Å². The SMILES string of the molecule is O=C1CCN(c2ccc(-c3cc(C4CCCCC4)c4c([AsH2])ncnc4n3)cn2)CC1. The van der Waals surface area contributed by atoms with Gasteiger partial charge >= 0.3 is 175 Å². The van der Waals surface area contributed by atoms with Crippen molar-refractivity contribution >= 4 is 44.0 Å². The van der Waals surface area contributed by atoms with E-state index < -0.39 is 0 Å². The van der Waals surface area contributed by atoms with Crippen LogP contribution in [-0.2, 0) is 4.79 Å². The van der Waals surface area contributed by atoms with E-state index in [1.165, 1.54) is 54.5 Å². The third-order valence-electron chi connectivity index (χ3n) is 6.40. The minimum atomic E-state index is 0.345. The van der Waals surface area contributed by atoms with E-state index in [-0.39, 0.29) is 0 Å². The Labute approximate surface area is 185 Å². The van der Waals surface area contributed by atoms with Crippen molar-refractivity contribution < 1.29 is 4.79 Å². The van der Waals surface area contributed by atoms with Crippen LogP contribution < -0.4 is 9.38 Å². The van der Waals surface area contributed by atoms with Crippen LogP contribution in [0.25, 0.3) is 22.3 Å². The van der Waals surface area contributed by atoms with Crippen LogP contribution in [-0.4, -0.2) is 55.7 Å². The quantitative estimate of drug-likeness (QED) is 0.556. The normalized spacial score (nSPS) is 18.2. The molecule has 0 N–H and O–H groups in total. The number of Topliss-reactive ketones (excluding diaryl/α,β-unsaturated/α-hetero) is 1. The molecule has 5 rings (SSSR count). The molecule has 0 bridgehead atoms. The molecule has 3 aromatic rings. The molecule has 2 fully saturated rings. The van der Waals surface area contributed by atoms with Crippen molar-refractivity contribution in [2.45, 2.75) is 50.9 Å². The van der Waals surface area contributed by atoms with Gasteiger partial charge in [-0.05, 0) is 0 Å². The van der Waals surface area contributed by atoms with E-state index in [9.17, 15) is 4.79 Å². The molecule has 3 aromatic heterocycles. The van der Waals surface area contributed by atoms with Crippen LogP contribution >= 0.6 is 0 Å².